The van der Waals surface area contributed by atoms with Crippen LogP contribution in [0.1, 0.15) is 10.4 Å². The number of anilines is 1. The summed E-state index contributed by atoms with van der Waals surface area (Å²) in [6.45, 7) is 0. The Morgan fingerprint density at radius 2 is 1.94 bits per heavy atom. The molecule has 0 aliphatic rings. The van der Waals surface area contributed by atoms with Crippen LogP contribution >= 0.6 is 0 Å². The highest BCUT2D eigenvalue weighted by Gasteiger charge is 2.05. The van der Waals surface area contributed by atoms with Gasteiger partial charge in [-0.15, -0.1) is 0 Å². The molecule has 18 heavy (non-hydrogen) atoms. The Morgan fingerprint density at radius 1 is 1.22 bits per heavy atom. The Balaban J connectivity index is 0.000000184. The minimum Gasteiger partial charge on any atom is -0.507 e. The molecular formula is C13H14N2O3. The number of nitrogens with zero attached hydrogens (tertiary/aromatic N) is 1. The molecule has 0 atom stereocenters. The molecule has 0 aliphatic carbocycles. The third-order valence-electron chi connectivity index (χ3n) is 2.08. The highest BCUT2D eigenvalue weighted by Crippen LogP contribution is 2.14. The molecule has 0 aliphatic heterocycles. The zero-order valence-electron chi connectivity index (χ0n) is 9.87. The molecule has 0 unspecified atom stereocenters. The van der Waals surface area contributed by atoms with Gasteiger partial charge in [0, 0.05) is 19.4 Å². The number of pyridine rings is 1. The van der Waals surface area contributed by atoms with Gasteiger partial charge in [-0.05, 0) is 24.3 Å². The summed E-state index contributed by atoms with van der Waals surface area (Å²) in [4.78, 5) is 14.2. The summed E-state index contributed by atoms with van der Waals surface area (Å²) >= 11 is 0. The first kappa shape index (κ1) is 13.5. The average molecular weight is 246 g/mol. The molecule has 1 heterocycles. The van der Waals surface area contributed by atoms with Gasteiger partial charge in [0.2, 0.25) is 0 Å². The number of benzene rings is 1. The number of rotatable bonds is 2. The van der Waals surface area contributed by atoms with Crippen LogP contribution in [0.2, 0.25) is 0 Å². The van der Waals surface area contributed by atoms with Crippen LogP contribution in [0.25, 0.3) is 0 Å². The first-order valence-electron chi connectivity index (χ1n) is 5.24. The van der Waals surface area contributed by atoms with Gasteiger partial charge in [-0.2, -0.15) is 0 Å². The van der Waals surface area contributed by atoms with Gasteiger partial charge >= 0.3 is 5.97 Å². The Kier molecular flexibility index (Phi) is 5.18. The van der Waals surface area contributed by atoms with Crippen LogP contribution in [0, 0.1) is 0 Å². The molecule has 1 aromatic heterocycles. The Bertz CT molecular complexity index is 501. The summed E-state index contributed by atoms with van der Waals surface area (Å²) in [5, 5.41) is 20.3. The van der Waals surface area contributed by atoms with Gasteiger partial charge in [0.1, 0.15) is 11.3 Å². The van der Waals surface area contributed by atoms with Gasteiger partial charge in [0.15, 0.2) is 0 Å². The van der Waals surface area contributed by atoms with Crippen molar-refractivity contribution in [2.75, 3.05) is 12.4 Å². The van der Waals surface area contributed by atoms with Crippen molar-refractivity contribution in [3.05, 3.63) is 54.4 Å². The number of aromatic hydroxyl groups is 1. The number of aromatic carboxylic acids is 1. The van der Waals surface area contributed by atoms with E-state index in [1.54, 1.807) is 24.5 Å². The number of carboxylic acid groups (broad SMARTS) is 1. The maximum Gasteiger partial charge on any atom is 0.339 e. The van der Waals surface area contributed by atoms with Gasteiger partial charge in [-0.25, -0.2) is 4.79 Å². The summed E-state index contributed by atoms with van der Waals surface area (Å²) < 4.78 is 0. The topological polar surface area (TPSA) is 82.5 Å². The van der Waals surface area contributed by atoms with E-state index in [-0.39, 0.29) is 11.3 Å². The lowest BCUT2D eigenvalue weighted by atomic mass is 10.2. The summed E-state index contributed by atoms with van der Waals surface area (Å²) in [6.07, 6.45) is 3.53. The molecule has 0 spiro atoms. The molecular weight excluding hydrogens is 232 g/mol. The zero-order chi connectivity index (χ0) is 13.4. The predicted octanol–water partition coefficient (Wildman–Crippen LogP) is 2.21. The van der Waals surface area contributed by atoms with E-state index >= 15 is 0 Å². The molecule has 0 fully saturated rings. The lowest BCUT2D eigenvalue weighted by molar-refractivity contribution is 0.0694. The van der Waals surface area contributed by atoms with Crippen LogP contribution in [0.4, 0.5) is 5.69 Å². The van der Waals surface area contributed by atoms with Crippen molar-refractivity contribution in [3.8, 4) is 5.75 Å². The van der Waals surface area contributed by atoms with Crippen LogP contribution in [-0.4, -0.2) is 28.2 Å². The van der Waals surface area contributed by atoms with Crippen molar-refractivity contribution in [1.29, 1.82) is 0 Å². The maximum absolute atomic E-state index is 10.3. The number of para-hydroxylation sites is 1. The van der Waals surface area contributed by atoms with E-state index in [0.717, 1.165) is 5.69 Å². The molecule has 1 aromatic carbocycles. The fraction of sp³-hybridized carbons (Fsp3) is 0.0769. The molecule has 0 saturated heterocycles. The monoisotopic (exact) mass is 246 g/mol. The lowest BCUT2D eigenvalue weighted by Gasteiger charge is -1.95. The van der Waals surface area contributed by atoms with Crippen LogP contribution in [-0.2, 0) is 0 Å². The fourth-order valence-electron chi connectivity index (χ4n) is 1.17. The molecule has 0 amide bonds. The zero-order valence-corrected chi connectivity index (χ0v) is 9.87. The van der Waals surface area contributed by atoms with E-state index in [0.29, 0.717) is 0 Å². The second-order valence-corrected chi connectivity index (χ2v) is 3.31. The number of hydrogen-bond donors (Lipinski definition) is 3. The second kappa shape index (κ2) is 6.90. The van der Waals surface area contributed by atoms with Crippen LogP contribution < -0.4 is 5.32 Å². The maximum atomic E-state index is 10.3. The molecule has 3 N–H and O–H groups in total. The Hall–Kier alpha value is -2.56. The van der Waals surface area contributed by atoms with E-state index in [1.165, 1.54) is 12.1 Å². The van der Waals surface area contributed by atoms with Gasteiger partial charge in [-0.3, -0.25) is 4.98 Å². The van der Waals surface area contributed by atoms with E-state index in [4.69, 9.17) is 10.2 Å². The summed E-state index contributed by atoms with van der Waals surface area (Å²) in [7, 11) is 1.87. The second-order valence-electron chi connectivity index (χ2n) is 3.31. The highest BCUT2D eigenvalue weighted by molar-refractivity contribution is 5.90. The van der Waals surface area contributed by atoms with Gasteiger partial charge in [-0.1, -0.05) is 12.1 Å². The minimum absolute atomic E-state index is 0.0671. The normalized spacial score (nSPS) is 8.94. The van der Waals surface area contributed by atoms with Crippen LogP contribution in [0.5, 0.6) is 5.75 Å². The fourth-order valence-corrected chi connectivity index (χ4v) is 1.17. The van der Waals surface area contributed by atoms with E-state index in [1.807, 2.05) is 19.2 Å². The van der Waals surface area contributed by atoms with Crippen molar-refractivity contribution >= 4 is 11.7 Å². The third kappa shape index (κ3) is 4.13. The minimum atomic E-state index is -1.11. The molecule has 0 radical (unpaired) electrons. The Labute approximate surface area is 105 Å². The van der Waals surface area contributed by atoms with E-state index < -0.39 is 5.97 Å². The Morgan fingerprint density at radius 3 is 2.33 bits per heavy atom. The first-order valence-corrected chi connectivity index (χ1v) is 5.24. The van der Waals surface area contributed by atoms with Gasteiger partial charge < -0.3 is 15.5 Å². The largest absolute Gasteiger partial charge is 0.507 e. The SMILES string of the molecule is CNc1cccnc1.O=C(O)c1ccccc1O. The number of nitrogens with one attached hydrogen (secondary N) is 1. The molecule has 5 nitrogen and oxygen atoms in total. The summed E-state index contributed by atoms with van der Waals surface area (Å²) in [6, 6.07) is 9.67. The number of aromatic nitrogens is 1. The van der Waals surface area contributed by atoms with Crippen molar-refractivity contribution in [2.24, 2.45) is 0 Å². The third-order valence-corrected chi connectivity index (χ3v) is 2.08. The summed E-state index contributed by atoms with van der Waals surface area (Å²) in [5.41, 5.74) is 0.981. The average Bonchev–Trinajstić information content (AvgIpc) is 2.40. The molecule has 2 aromatic rings. The van der Waals surface area contributed by atoms with Crippen molar-refractivity contribution in [1.82, 2.24) is 4.98 Å². The van der Waals surface area contributed by atoms with Gasteiger partial charge in [0.25, 0.3) is 0 Å². The molecule has 0 bridgehead atoms. The van der Waals surface area contributed by atoms with Crippen molar-refractivity contribution in [3.63, 3.8) is 0 Å². The molecule has 0 saturated carbocycles. The van der Waals surface area contributed by atoms with Crippen LogP contribution in [0.15, 0.2) is 48.8 Å². The number of hydrogen-bond acceptors (Lipinski definition) is 4. The van der Waals surface area contributed by atoms with Crippen molar-refractivity contribution in [2.45, 2.75) is 0 Å². The number of carbonyl (C=O) groups is 1. The standard InChI is InChI=1S/C7H6O3.C6H8N2/c8-6-4-2-1-3-5(6)7(9)10;1-7-6-3-2-4-8-5-6/h1-4,8H,(H,9,10);2-5,7H,1H3. The molecule has 94 valence electrons. The number of phenols is 1. The first-order chi connectivity index (χ1) is 8.65. The molecule has 2 rings (SSSR count). The van der Waals surface area contributed by atoms with Crippen molar-refractivity contribution < 1.29 is 15.0 Å². The predicted molar refractivity (Wildman–Crippen MR) is 68.8 cm³/mol. The van der Waals surface area contributed by atoms with E-state index in [2.05, 4.69) is 10.3 Å². The smallest absolute Gasteiger partial charge is 0.339 e. The van der Waals surface area contributed by atoms with Crippen LogP contribution in [0.3, 0.4) is 0 Å². The number of carboxylic acids is 1. The highest BCUT2D eigenvalue weighted by atomic mass is 16.4. The molecule has 5 heteroatoms. The lowest BCUT2D eigenvalue weighted by Crippen LogP contribution is -1.95. The van der Waals surface area contributed by atoms with Gasteiger partial charge in [0.05, 0.1) is 5.69 Å². The quantitative estimate of drug-likeness (QED) is 0.756. The van der Waals surface area contributed by atoms with E-state index in [9.17, 15) is 4.79 Å². The summed E-state index contributed by atoms with van der Waals surface area (Å²) in [5.74, 6) is -1.31.